The second-order valence-corrected chi connectivity index (χ2v) is 8.61. The minimum absolute atomic E-state index is 0.0688. The molecule has 5 rings (SSSR count). The monoisotopic (exact) mass is 495 g/mol. The molecular formula is C28H21N3O6. The Labute approximate surface area is 211 Å². The summed E-state index contributed by atoms with van der Waals surface area (Å²) < 4.78 is 5.42. The summed E-state index contributed by atoms with van der Waals surface area (Å²) in [6.45, 7) is 1.81. The summed E-state index contributed by atoms with van der Waals surface area (Å²) in [5.74, 6) is -2.00. The summed E-state index contributed by atoms with van der Waals surface area (Å²) in [5.41, 5.74) is 2.64. The number of urea groups is 1. The van der Waals surface area contributed by atoms with Crippen molar-refractivity contribution in [2.45, 2.75) is 13.5 Å². The second kappa shape index (κ2) is 9.19. The van der Waals surface area contributed by atoms with Gasteiger partial charge < -0.3 is 4.74 Å². The Bertz CT molecular complexity index is 1490. The van der Waals surface area contributed by atoms with Crippen molar-refractivity contribution in [1.29, 1.82) is 0 Å². The first-order chi connectivity index (χ1) is 17.8. The zero-order chi connectivity index (χ0) is 26.3. The number of hydrogen-bond donors (Lipinski definition) is 1. The third-order valence-electron chi connectivity index (χ3n) is 6.22. The average Bonchev–Trinajstić information content (AvgIpc) is 3.12. The number of rotatable bonds is 5. The van der Waals surface area contributed by atoms with Gasteiger partial charge in [0.2, 0.25) is 0 Å². The molecule has 37 heavy (non-hydrogen) atoms. The maximum Gasteiger partial charge on any atom is 0.335 e. The molecule has 1 saturated heterocycles. The molecule has 0 radical (unpaired) electrons. The smallest absolute Gasteiger partial charge is 0.335 e. The van der Waals surface area contributed by atoms with Gasteiger partial charge in [-0.25, -0.2) is 9.69 Å². The number of carbonyl (C=O) groups is 5. The van der Waals surface area contributed by atoms with Gasteiger partial charge in [-0.05, 0) is 55.0 Å². The van der Waals surface area contributed by atoms with Crippen LogP contribution in [0.3, 0.4) is 0 Å². The van der Waals surface area contributed by atoms with Crippen LogP contribution in [0.4, 0.5) is 10.5 Å². The van der Waals surface area contributed by atoms with E-state index in [4.69, 9.17) is 4.74 Å². The fourth-order valence-corrected chi connectivity index (χ4v) is 4.32. The van der Waals surface area contributed by atoms with Crippen molar-refractivity contribution in [3.05, 3.63) is 100 Å². The highest BCUT2D eigenvalue weighted by atomic mass is 16.5. The van der Waals surface area contributed by atoms with E-state index in [1.165, 1.54) is 13.2 Å². The minimum atomic E-state index is -0.836. The Morgan fingerprint density at radius 1 is 0.838 bits per heavy atom. The van der Waals surface area contributed by atoms with Crippen LogP contribution in [-0.2, 0) is 16.1 Å². The molecule has 1 fully saturated rings. The third-order valence-corrected chi connectivity index (χ3v) is 6.22. The van der Waals surface area contributed by atoms with E-state index in [0.29, 0.717) is 33.7 Å². The van der Waals surface area contributed by atoms with Gasteiger partial charge in [-0.2, -0.15) is 0 Å². The summed E-state index contributed by atoms with van der Waals surface area (Å²) in [5, 5.41) is 2.20. The van der Waals surface area contributed by atoms with E-state index in [1.54, 1.807) is 66.7 Å². The number of barbiturate groups is 1. The predicted octanol–water partition coefficient (Wildman–Crippen LogP) is 3.47. The van der Waals surface area contributed by atoms with Crippen molar-refractivity contribution in [3.63, 3.8) is 0 Å². The lowest BCUT2D eigenvalue weighted by atomic mass is 10.0. The molecule has 9 nitrogen and oxygen atoms in total. The van der Waals surface area contributed by atoms with Gasteiger partial charge in [0.15, 0.2) is 0 Å². The number of imide groups is 3. The highest BCUT2D eigenvalue weighted by Gasteiger charge is 2.37. The molecule has 3 aromatic carbocycles. The number of aryl methyl sites for hydroxylation is 1. The van der Waals surface area contributed by atoms with E-state index in [1.807, 2.05) is 6.92 Å². The lowest BCUT2D eigenvalue weighted by Gasteiger charge is -2.26. The van der Waals surface area contributed by atoms with Crippen LogP contribution in [0.5, 0.6) is 5.75 Å². The Kier molecular flexibility index (Phi) is 5.88. The van der Waals surface area contributed by atoms with Crippen molar-refractivity contribution < 1.29 is 28.7 Å². The molecule has 9 heteroatoms. The first kappa shape index (κ1) is 23.7. The van der Waals surface area contributed by atoms with E-state index in [9.17, 15) is 24.0 Å². The van der Waals surface area contributed by atoms with Crippen molar-refractivity contribution in [3.8, 4) is 5.75 Å². The Balaban J connectivity index is 1.47. The molecule has 184 valence electrons. The molecule has 2 aliphatic heterocycles. The maximum atomic E-state index is 13.2. The summed E-state index contributed by atoms with van der Waals surface area (Å²) in [7, 11) is 1.46. The Morgan fingerprint density at radius 3 is 2.11 bits per heavy atom. The lowest BCUT2D eigenvalue weighted by molar-refractivity contribution is -0.122. The van der Waals surface area contributed by atoms with Crippen LogP contribution in [0.15, 0.2) is 72.3 Å². The molecule has 0 aliphatic carbocycles. The molecule has 3 aromatic rings. The molecule has 2 heterocycles. The summed E-state index contributed by atoms with van der Waals surface area (Å²) in [6, 6.07) is 17.4. The van der Waals surface area contributed by atoms with Gasteiger partial charge >= 0.3 is 6.03 Å². The number of methoxy groups -OCH3 is 1. The maximum absolute atomic E-state index is 13.2. The normalized spacial score (nSPS) is 16.4. The van der Waals surface area contributed by atoms with E-state index in [2.05, 4.69) is 5.32 Å². The fraction of sp³-hybridized carbons (Fsp3) is 0.107. The van der Waals surface area contributed by atoms with Crippen molar-refractivity contribution in [2.24, 2.45) is 0 Å². The molecule has 0 atom stereocenters. The number of amides is 6. The van der Waals surface area contributed by atoms with Crippen molar-refractivity contribution in [2.75, 3.05) is 12.0 Å². The first-order valence-electron chi connectivity index (χ1n) is 11.4. The number of benzene rings is 3. The first-order valence-corrected chi connectivity index (χ1v) is 11.4. The number of fused-ring (bicyclic) bond motifs is 1. The molecule has 0 bridgehead atoms. The molecule has 6 amide bonds. The zero-order valence-electron chi connectivity index (χ0n) is 20.0. The highest BCUT2D eigenvalue weighted by Crippen LogP contribution is 2.29. The van der Waals surface area contributed by atoms with E-state index in [-0.39, 0.29) is 12.1 Å². The number of anilines is 1. The minimum Gasteiger partial charge on any atom is -0.496 e. The molecular weight excluding hydrogens is 474 g/mol. The number of hydrogen-bond acceptors (Lipinski definition) is 6. The number of nitrogens with zero attached hydrogens (tertiary/aromatic N) is 2. The molecule has 0 saturated carbocycles. The van der Waals surface area contributed by atoms with Crippen LogP contribution >= 0.6 is 0 Å². The van der Waals surface area contributed by atoms with Gasteiger partial charge in [0.1, 0.15) is 11.3 Å². The van der Waals surface area contributed by atoms with Gasteiger partial charge in [-0.15, -0.1) is 0 Å². The third kappa shape index (κ3) is 4.16. The number of nitrogens with one attached hydrogen (secondary N) is 1. The van der Waals surface area contributed by atoms with Crippen LogP contribution in [0, 0.1) is 6.92 Å². The molecule has 0 unspecified atom stereocenters. The fourth-order valence-electron chi connectivity index (χ4n) is 4.32. The zero-order valence-corrected chi connectivity index (χ0v) is 20.0. The molecule has 1 N–H and O–H groups in total. The predicted molar refractivity (Wildman–Crippen MR) is 134 cm³/mol. The average molecular weight is 495 g/mol. The highest BCUT2D eigenvalue weighted by molar-refractivity contribution is 6.39. The summed E-state index contributed by atoms with van der Waals surface area (Å²) >= 11 is 0. The number of ether oxygens (including phenoxy) is 1. The van der Waals surface area contributed by atoms with Crippen molar-refractivity contribution in [1.82, 2.24) is 10.2 Å². The summed E-state index contributed by atoms with van der Waals surface area (Å²) in [4.78, 5) is 65.9. The van der Waals surface area contributed by atoms with Crippen LogP contribution in [0.2, 0.25) is 0 Å². The quantitative estimate of drug-likeness (QED) is 0.330. The lowest BCUT2D eigenvalue weighted by Crippen LogP contribution is -2.54. The summed E-state index contributed by atoms with van der Waals surface area (Å²) in [6.07, 6.45) is 1.36. The molecule has 2 aliphatic rings. The molecule has 0 aromatic heterocycles. The van der Waals surface area contributed by atoms with E-state index in [0.717, 1.165) is 15.4 Å². The van der Waals surface area contributed by atoms with E-state index < -0.39 is 29.7 Å². The van der Waals surface area contributed by atoms with Crippen LogP contribution in [-0.4, -0.2) is 41.7 Å². The second-order valence-electron chi connectivity index (χ2n) is 8.61. The number of carbonyl (C=O) groups excluding carboxylic acids is 5. The van der Waals surface area contributed by atoms with Gasteiger partial charge in [-0.1, -0.05) is 35.9 Å². The van der Waals surface area contributed by atoms with Crippen LogP contribution in [0.1, 0.15) is 37.4 Å². The van der Waals surface area contributed by atoms with Gasteiger partial charge in [0.25, 0.3) is 23.6 Å². The SMILES string of the molecule is COc1ccc(C=C2C(=O)NC(=O)N(c3ccc(C)cc3)C2=O)cc1CN1C(=O)c2ccccc2C1=O. The van der Waals surface area contributed by atoms with Crippen LogP contribution < -0.4 is 15.0 Å². The van der Waals surface area contributed by atoms with Gasteiger partial charge in [0, 0.05) is 5.56 Å². The van der Waals surface area contributed by atoms with Crippen molar-refractivity contribution >= 4 is 41.4 Å². The molecule has 0 spiro atoms. The van der Waals surface area contributed by atoms with E-state index >= 15 is 0 Å². The Hall–Kier alpha value is -5.05. The van der Waals surface area contributed by atoms with Gasteiger partial charge in [0.05, 0.1) is 30.5 Å². The standard InChI is InChI=1S/C28H21N3O6/c1-16-7-10-19(11-8-16)31-27(35)22(24(32)29-28(31)36)14-17-9-12-23(37-2)18(13-17)15-30-25(33)20-5-3-4-6-21(20)26(30)34/h3-14H,15H2,1-2H3,(H,29,32,36). The largest absolute Gasteiger partial charge is 0.496 e. The van der Waals surface area contributed by atoms with Crippen LogP contribution in [0.25, 0.3) is 6.08 Å². The Morgan fingerprint density at radius 2 is 1.49 bits per heavy atom. The topological polar surface area (TPSA) is 113 Å². The van der Waals surface area contributed by atoms with Gasteiger partial charge in [-0.3, -0.25) is 29.4 Å².